The standard InChI is InChI=1S/C13H14N6O/c1-18-7-10(6-16-18)9-4-12-11(15-5-9)2-3-19(12)8-13(20)17-14/h2-7H,8,14H2,1H3,(H,17,20). The summed E-state index contributed by atoms with van der Waals surface area (Å²) in [7, 11) is 1.86. The van der Waals surface area contributed by atoms with Gasteiger partial charge in [0.1, 0.15) is 6.54 Å². The molecule has 102 valence electrons. The smallest absolute Gasteiger partial charge is 0.253 e. The second-order valence-electron chi connectivity index (χ2n) is 4.54. The van der Waals surface area contributed by atoms with Gasteiger partial charge in [0.05, 0.1) is 17.2 Å². The zero-order valence-electron chi connectivity index (χ0n) is 10.9. The van der Waals surface area contributed by atoms with E-state index in [4.69, 9.17) is 5.84 Å². The van der Waals surface area contributed by atoms with Crippen LogP contribution >= 0.6 is 0 Å². The Balaban J connectivity index is 2.05. The Hall–Kier alpha value is -2.67. The van der Waals surface area contributed by atoms with Crippen LogP contribution in [-0.4, -0.2) is 25.2 Å². The van der Waals surface area contributed by atoms with E-state index in [0.717, 1.165) is 22.2 Å². The van der Waals surface area contributed by atoms with Gasteiger partial charge < -0.3 is 4.57 Å². The van der Waals surface area contributed by atoms with E-state index in [9.17, 15) is 4.79 Å². The maximum atomic E-state index is 11.4. The van der Waals surface area contributed by atoms with E-state index in [1.54, 1.807) is 17.1 Å². The average molecular weight is 270 g/mol. The molecule has 0 fully saturated rings. The van der Waals surface area contributed by atoms with Crippen molar-refractivity contribution >= 4 is 16.9 Å². The van der Waals surface area contributed by atoms with Crippen molar-refractivity contribution in [1.82, 2.24) is 24.8 Å². The first kappa shape index (κ1) is 12.4. The van der Waals surface area contributed by atoms with E-state index in [0.29, 0.717) is 0 Å². The summed E-state index contributed by atoms with van der Waals surface area (Å²) in [5, 5.41) is 4.15. The summed E-state index contributed by atoms with van der Waals surface area (Å²) >= 11 is 0. The fourth-order valence-electron chi connectivity index (χ4n) is 2.13. The van der Waals surface area contributed by atoms with Crippen LogP contribution in [0.4, 0.5) is 0 Å². The van der Waals surface area contributed by atoms with Gasteiger partial charge in [0.2, 0.25) is 0 Å². The van der Waals surface area contributed by atoms with Crippen LogP contribution in [0.1, 0.15) is 0 Å². The number of carbonyl (C=O) groups is 1. The lowest BCUT2D eigenvalue weighted by Gasteiger charge is -2.05. The molecule has 7 nitrogen and oxygen atoms in total. The van der Waals surface area contributed by atoms with Crippen molar-refractivity contribution in [2.24, 2.45) is 12.9 Å². The Kier molecular flexibility index (Phi) is 2.96. The zero-order valence-corrected chi connectivity index (χ0v) is 10.9. The highest BCUT2D eigenvalue weighted by atomic mass is 16.2. The van der Waals surface area contributed by atoms with Gasteiger partial charge >= 0.3 is 0 Å². The van der Waals surface area contributed by atoms with Gasteiger partial charge in [0.25, 0.3) is 5.91 Å². The average Bonchev–Trinajstić information content (AvgIpc) is 3.05. The van der Waals surface area contributed by atoms with E-state index in [1.807, 2.05) is 36.1 Å². The quantitative estimate of drug-likeness (QED) is 0.410. The second kappa shape index (κ2) is 4.78. The highest BCUT2D eigenvalue weighted by molar-refractivity contribution is 5.83. The predicted molar refractivity (Wildman–Crippen MR) is 74.3 cm³/mol. The van der Waals surface area contributed by atoms with Crippen molar-refractivity contribution in [3.05, 3.63) is 36.9 Å². The molecule has 0 saturated heterocycles. The predicted octanol–water partition coefficient (Wildman–Crippen LogP) is 0.427. The lowest BCUT2D eigenvalue weighted by molar-refractivity contribution is -0.121. The van der Waals surface area contributed by atoms with Crippen molar-refractivity contribution in [3.63, 3.8) is 0 Å². The number of aromatic nitrogens is 4. The topological polar surface area (TPSA) is 90.8 Å². The first-order chi connectivity index (χ1) is 9.67. The summed E-state index contributed by atoms with van der Waals surface area (Å²) in [5.74, 6) is 4.86. The van der Waals surface area contributed by atoms with Crippen LogP contribution in [-0.2, 0) is 18.4 Å². The van der Waals surface area contributed by atoms with Gasteiger partial charge in [0, 0.05) is 36.8 Å². The highest BCUT2D eigenvalue weighted by Crippen LogP contribution is 2.22. The first-order valence-electron chi connectivity index (χ1n) is 6.11. The maximum absolute atomic E-state index is 11.4. The number of nitrogens with zero attached hydrogens (tertiary/aromatic N) is 4. The third-order valence-electron chi connectivity index (χ3n) is 3.13. The van der Waals surface area contributed by atoms with Crippen LogP contribution in [0.5, 0.6) is 0 Å². The number of rotatable bonds is 3. The molecule has 3 rings (SSSR count). The number of hydrogen-bond donors (Lipinski definition) is 2. The normalized spacial score (nSPS) is 10.9. The number of nitrogens with two attached hydrogens (primary N) is 1. The molecule has 1 amide bonds. The van der Waals surface area contributed by atoms with Crippen molar-refractivity contribution in [1.29, 1.82) is 0 Å². The Bertz CT molecular complexity index is 772. The largest absolute Gasteiger partial charge is 0.337 e. The molecule has 0 aliphatic carbocycles. The number of hydrogen-bond acceptors (Lipinski definition) is 4. The lowest BCUT2D eigenvalue weighted by Crippen LogP contribution is -2.33. The summed E-state index contributed by atoms with van der Waals surface area (Å²) < 4.78 is 3.55. The summed E-state index contributed by atoms with van der Waals surface area (Å²) in [6.07, 6.45) is 7.32. The molecule has 0 aliphatic heterocycles. The molecule has 0 radical (unpaired) electrons. The molecule has 0 aliphatic rings. The van der Waals surface area contributed by atoms with E-state index >= 15 is 0 Å². The molecule has 3 aromatic rings. The van der Waals surface area contributed by atoms with Crippen molar-refractivity contribution in [2.45, 2.75) is 6.54 Å². The van der Waals surface area contributed by atoms with Crippen LogP contribution in [0.2, 0.25) is 0 Å². The Morgan fingerprint density at radius 1 is 1.40 bits per heavy atom. The summed E-state index contributed by atoms with van der Waals surface area (Å²) in [4.78, 5) is 15.8. The Morgan fingerprint density at radius 3 is 2.95 bits per heavy atom. The van der Waals surface area contributed by atoms with E-state index in [1.165, 1.54) is 0 Å². The van der Waals surface area contributed by atoms with Gasteiger partial charge in [-0.15, -0.1) is 0 Å². The minimum atomic E-state index is -0.255. The lowest BCUT2D eigenvalue weighted by atomic mass is 10.1. The number of pyridine rings is 1. The molecule has 0 atom stereocenters. The molecule has 7 heteroatoms. The molecule has 20 heavy (non-hydrogen) atoms. The minimum absolute atomic E-state index is 0.165. The number of fused-ring (bicyclic) bond motifs is 1. The molecule has 0 spiro atoms. The number of carbonyl (C=O) groups excluding carboxylic acids is 1. The van der Waals surface area contributed by atoms with Crippen LogP contribution in [0, 0.1) is 0 Å². The van der Waals surface area contributed by atoms with Gasteiger partial charge in [-0.25, -0.2) is 5.84 Å². The monoisotopic (exact) mass is 270 g/mol. The molecule has 0 bridgehead atoms. The van der Waals surface area contributed by atoms with Gasteiger partial charge in [-0.1, -0.05) is 0 Å². The van der Waals surface area contributed by atoms with Crippen molar-refractivity contribution in [2.75, 3.05) is 0 Å². The van der Waals surface area contributed by atoms with E-state index in [2.05, 4.69) is 15.5 Å². The molecule has 3 heterocycles. The highest BCUT2D eigenvalue weighted by Gasteiger charge is 2.08. The molecular weight excluding hydrogens is 256 g/mol. The molecule has 3 aromatic heterocycles. The molecule has 0 aromatic carbocycles. The fourth-order valence-corrected chi connectivity index (χ4v) is 2.13. The van der Waals surface area contributed by atoms with Gasteiger partial charge in [-0.05, 0) is 12.1 Å². The molecular formula is C13H14N6O. The third-order valence-corrected chi connectivity index (χ3v) is 3.13. The second-order valence-corrected chi connectivity index (χ2v) is 4.54. The minimum Gasteiger partial charge on any atom is -0.337 e. The van der Waals surface area contributed by atoms with Crippen molar-refractivity contribution in [3.8, 4) is 11.1 Å². The summed E-state index contributed by atoms with van der Waals surface area (Å²) in [6, 6.07) is 3.86. The van der Waals surface area contributed by atoms with Gasteiger partial charge in [-0.2, -0.15) is 5.10 Å². The van der Waals surface area contributed by atoms with E-state index < -0.39 is 0 Å². The SMILES string of the molecule is Cn1cc(-c2cnc3ccn(CC(=O)NN)c3c2)cn1. The summed E-state index contributed by atoms with van der Waals surface area (Å²) in [5.41, 5.74) is 5.79. The van der Waals surface area contributed by atoms with Crippen molar-refractivity contribution < 1.29 is 4.79 Å². The third kappa shape index (κ3) is 2.14. The van der Waals surface area contributed by atoms with Gasteiger partial charge in [0.15, 0.2) is 0 Å². The Labute approximate surface area is 115 Å². The van der Waals surface area contributed by atoms with Crippen LogP contribution in [0.25, 0.3) is 22.2 Å². The first-order valence-corrected chi connectivity index (χ1v) is 6.11. The van der Waals surface area contributed by atoms with Gasteiger partial charge in [-0.3, -0.25) is 19.9 Å². The van der Waals surface area contributed by atoms with Crippen LogP contribution in [0.15, 0.2) is 36.9 Å². The zero-order chi connectivity index (χ0) is 14.1. The maximum Gasteiger partial charge on any atom is 0.253 e. The van der Waals surface area contributed by atoms with E-state index in [-0.39, 0.29) is 12.5 Å². The number of amides is 1. The Morgan fingerprint density at radius 2 is 2.25 bits per heavy atom. The number of hydrazine groups is 1. The molecule has 0 unspecified atom stereocenters. The molecule has 0 saturated carbocycles. The number of aryl methyl sites for hydroxylation is 1. The fraction of sp³-hybridized carbons (Fsp3) is 0.154. The molecule has 3 N–H and O–H groups in total. The number of nitrogens with one attached hydrogen (secondary N) is 1. The van der Waals surface area contributed by atoms with Crippen LogP contribution in [0.3, 0.4) is 0 Å². The summed E-state index contributed by atoms with van der Waals surface area (Å²) in [6.45, 7) is 0.165. The van der Waals surface area contributed by atoms with Crippen LogP contribution < -0.4 is 11.3 Å².